The van der Waals surface area contributed by atoms with Crippen molar-refractivity contribution in [3.8, 4) is 5.75 Å². The maximum Gasteiger partial charge on any atom is 0.316 e. The Morgan fingerprint density at radius 2 is 2.06 bits per heavy atom. The first-order valence-electron chi connectivity index (χ1n) is 6.24. The summed E-state index contributed by atoms with van der Waals surface area (Å²) in [6.07, 6.45) is 1.73. The number of carbonyl (C=O) groups excluding carboxylic acids is 1. The highest BCUT2D eigenvalue weighted by atomic mass is 79.9. The first-order valence-corrected chi connectivity index (χ1v) is 7.03. The molecule has 18 heavy (non-hydrogen) atoms. The molecule has 0 radical (unpaired) electrons. The van der Waals surface area contributed by atoms with Crippen molar-refractivity contribution in [2.45, 2.75) is 32.1 Å². The summed E-state index contributed by atoms with van der Waals surface area (Å²) in [5.74, 6) is 0.696. The van der Waals surface area contributed by atoms with Gasteiger partial charge in [-0.2, -0.15) is 0 Å². The second-order valence-corrected chi connectivity index (χ2v) is 5.24. The summed E-state index contributed by atoms with van der Waals surface area (Å²) in [5, 5.41) is 0. The summed E-state index contributed by atoms with van der Waals surface area (Å²) in [6.45, 7) is 4.84. The van der Waals surface area contributed by atoms with E-state index in [-0.39, 0.29) is 5.97 Å². The van der Waals surface area contributed by atoms with E-state index >= 15 is 0 Å². The van der Waals surface area contributed by atoms with E-state index in [1.165, 1.54) is 0 Å². The highest BCUT2D eigenvalue weighted by Crippen LogP contribution is 2.50. The SMILES string of the molecule is CCOC(=O)C1(c2ccc(OCC)c(Br)c2)CC1. The van der Waals surface area contributed by atoms with Crippen molar-refractivity contribution in [3.05, 3.63) is 28.2 Å². The summed E-state index contributed by atoms with van der Waals surface area (Å²) in [6, 6.07) is 5.83. The van der Waals surface area contributed by atoms with E-state index < -0.39 is 5.41 Å². The average Bonchev–Trinajstić information content (AvgIpc) is 3.14. The third-order valence-electron chi connectivity index (χ3n) is 3.20. The summed E-state index contributed by atoms with van der Waals surface area (Å²) in [7, 11) is 0. The predicted molar refractivity (Wildman–Crippen MR) is 72.9 cm³/mol. The number of esters is 1. The lowest BCUT2D eigenvalue weighted by Gasteiger charge is -2.15. The van der Waals surface area contributed by atoms with Crippen LogP contribution < -0.4 is 4.74 Å². The van der Waals surface area contributed by atoms with E-state index in [2.05, 4.69) is 15.9 Å². The molecule has 1 aliphatic carbocycles. The number of ether oxygens (including phenoxy) is 2. The molecule has 0 atom stereocenters. The molecule has 1 aromatic rings. The maximum absolute atomic E-state index is 12.0. The van der Waals surface area contributed by atoms with E-state index in [1.54, 1.807) is 0 Å². The van der Waals surface area contributed by atoms with Crippen LogP contribution in [0.4, 0.5) is 0 Å². The Kier molecular flexibility index (Phi) is 3.95. The van der Waals surface area contributed by atoms with E-state index in [4.69, 9.17) is 9.47 Å². The molecule has 3 nitrogen and oxygen atoms in total. The highest BCUT2D eigenvalue weighted by molar-refractivity contribution is 9.10. The molecule has 98 valence electrons. The summed E-state index contributed by atoms with van der Waals surface area (Å²) >= 11 is 3.48. The maximum atomic E-state index is 12.0. The summed E-state index contributed by atoms with van der Waals surface area (Å²) in [5.41, 5.74) is 0.597. The fraction of sp³-hybridized carbons (Fsp3) is 0.500. The number of rotatable bonds is 5. The van der Waals surface area contributed by atoms with Gasteiger partial charge in [0.15, 0.2) is 0 Å². The van der Waals surface area contributed by atoms with Gasteiger partial charge in [0.2, 0.25) is 0 Å². The fourth-order valence-electron chi connectivity index (χ4n) is 2.08. The molecule has 0 heterocycles. The molecule has 2 rings (SSSR count). The van der Waals surface area contributed by atoms with Crippen molar-refractivity contribution in [1.82, 2.24) is 0 Å². The lowest BCUT2D eigenvalue weighted by Crippen LogP contribution is -2.23. The third kappa shape index (κ3) is 2.39. The minimum Gasteiger partial charge on any atom is -0.493 e. The van der Waals surface area contributed by atoms with Crippen molar-refractivity contribution in [2.24, 2.45) is 0 Å². The first-order chi connectivity index (χ1) is 8.64. The van der Waals surface area contributed by atoms with Crippen LogP contribution in [0.5, 0.6) is 5.75 Å². The van der Waals surface area contributed by atoms with Crippen LogP contribution >= 0.6 is 15.9 Å². The molecule has 0 unspecified atom stereocenters. The molecule has 1 saturated carbocycles. The second kappa shape index (κ2) is 5.31. The van der Waals surface area contributed by atoms with Gasteiger partial charge in [0.1, 0.15) is 5.75 Å². The Labute approximate surface area is 116 Å². The number of benzene rings is 1. The normalized spacial score (nSPS) is 16.2. The summed E-state index contributed by atoms with van der Waals surface area (Å²) in [4.78, 5) is 12.0. The van der Waals surface area contributed by atoms with E-state index in [1.807, 2.05) is 32.0 Å². The Morgan fingerprint density at radius 3 is 2.56 bits per heavy atom. The molecule has 1 aliphatic rings. The highest BCUT2D eigenvalue weighted by Gasteiger charge is 2.52. The number of carbonyl (C=O) groups is 1. The van der Waals surface area contributed by atoms with Gasteiger partial charge in [-0.15, -0.1) is 0 Å². The van der Waals surface area contributed by atoms with Gasteiger partial charge in [-0.1, -0.05) is 6.07 Å². The minimum atomic E-state index is -0.413. The topological polar surface area (TPSA) is 35.5 Å². The van der Waals surface area contributed by atoms with Crippen molar-refractivity contribution in [3.63, 3.8) is 0 Å². The van der Waals surface area contributed by atoms with E-state index in [0.717, 1.165) is 28.6 Å². The van der Waals surface area contributed by atoms with E-state index in [9.17, 15) is 4.79 Å². The molecule has 0 aliphatic heterocycles. The smallest absolute Gasteiger partial charge is 0.316 e. The van der Waals surface area contributed by atoms with Gasteiger partial charge in [-0.05, 0) is 60.3 Å². The van der Waals surface area contributed by atoms with Crippen LogP contribution in [0.25, 0.3) is 0 Å². The fourth-order valence-corrected chi connectivity index (χ4v) is 2.57. The minimum absolute atomic E-state index is 0.110. The summed E-state index contributed by atoms with van der Waals surface area (Å²) < 4.78 is 11.5. The van der Waals surface area contributed by atoms with Crippen molar-refractivity contribution < 1.29 is 14.3 Å². The number of hydrogen-bond donors (Lipinski definition) is 0. The zero-order valence-corrected chi connectivity index (χ0v) is 12.2. The predicted octanol–water partition coefficient (Wildman–Crippen LogP) is 3.44. The Bertz CT molecular complexity index is 452. The van der Waals surface area contributed by atoms with Crippen LogP contribution in [0.2, 0.25) is 0 Å². The van der Waals surface area contributed by atoms with Gasteiger partial charge in [0.05, 0.1) is 23.1 Å². The van der Waals surface area contributed by atoms with Crippen molar-refractivity contribution in [2.75, 3.05) is 13.2 Å². The van der Waals surface area contributed by atoms with Crippen LogP contribution in [-0.4, -0.2) is 19.2 Å². The van der Waals surface area contributed by atoms with Gasteiger partial charge in [0.25, 0.3) is 0 Å². The monoisotopic (exact) mass is 312 g/mol. The van der Waals surface area contributed by atoms with E-state index in [0.29, 0.717) is 13.2 Å². The van der Waals surface area contributed by atoms with Gasteiger partial charge < -0.3 is 9.47 Å². The number of hydrogen-bond acceptors (Lipinski definition) is 3. The molecule has 1 aromatic carbocycles. The van der Waals surface area contributed by atoms with Gasteiger partial charge in [0, 0.05) is 0 Å². The molecule has 0 N–H and O–H groups in total. The van der Waals surface area contributed by atoms with Gasteiger partial charge in [-0.3, -0.25) is 4.79 Å². The standard InChI is InChI=1S/C14H17BrO3/c1-3-17-12-6-5-10(9-11(12)15)14(7-8-14)13(16)18-4-2/h5-6,9H,3-4,7-8H2,1-2H3. The van der Waals surface area contributed by atoms with Crippen molar-refractivity contribution >= 4 is 21.9 Å². The zero-order valence-electron chi connectivity index (χ0n) is 10.7. The first kappa shape index (κ1) is 13.4. The Hall–Kier alpha value is -1.03. The Balaban J connectivity index is 2.24. The number of halogens is 1. The van der Waals surface area contributed by atoms with Gasteiger partial charge in [-0.25, -0.2) is 0 Å². The van der Waals surface area contributed by atoms with Crippen LogP contribution in [0, 0.1) is 0 Å². The van der Waals surface area contributed by atoms with Crippen LogP contribution in [0.3, 0.4) is 0 Å². The molecule has 0 amide bonds. The third-order valence-corrected chi connectivity index (χ3v) is 3.82. The zero-order chi connectivity index (χ0) is 13.2. The molecule has 0 saturated heterocycles. The average molecular weight is 313 g/mol. The second-order valence-electron chi connectivity index (χ2n) is 4.38. The lowest BCUT2D eigenvalue weighted by atomic mass is 9.96. The molecule has 0 aromatic heterocycles. The van der Waals surface area contributed by atoms with Gasteiger partial charge >= 0.3 is 5.97 Å². The molecule has 4 heteroatoms. The van der Waals surface area contributed by atoms with Crippen LogP contribution in [0.15, 0.2) is 22.7 Å². The quantitative estimate of drug-likeness (QED) is 0.781. The van der Waals surface area contributed by atoms with Crippen LogP contribution in [0.1, 0.15) is 32.3 Å². The largest absolute Gasteiger partial charge is 0.493 e. The molecule has 1 fully saturated rings. The Morgan fingerprint density at radius 1 is 1.33 bits per heavy atom. The molecule has 0 bridgehead atoms. The van der Waals surface area contributed by atoms with Crippen molar-refractivity contribution in [1.29, 1.82) is 0 Å². The van der Waals surface area contributed by atoms with Crippen LogP contribution in [-0.2, 0) is 14.9 Å². The lowest BCUT2D eigenvalue weighted by molar-refractivity contribution is -0.146. The molecular formula is C14H17BrO3. The molecule has 0 spiro atoms. The molecular weight excluding hydrogens is 296 g/mol.